The number of ketones is 1. The summed E-state index contributed by atoms with van der Waals surface area (Å²) in [5.74, 6) is -1.34. The number of hydrogen-bond donors (Lipinski definition) is 1. The fourth-order valence-electron chi connectivity index (χ4n) is 0.815. The molecule has 0 aliphatic carbocycles. The molecular weight excluding hydrogens is 174 g/mol. The van der Waals surface area contributed by atoms with Gasteiger partial charge in [-0.05, 0) is 17.9 Å². The number of rotatable bonds is 4. The molecule has 64 valence electrons. The molecule has 0 bridgehead atoms. The predicted octanol–water partition coefficient (Wildman–Crippen LogP) is 0.735. The highest BCUT2D eigenvalue weighted by Crippen LogP contribution is 2.10. The van der Waals surface area contributed by atoms with E-state index in [0.717, 1.165) is 4.88 Å². The third-order valence-electron chi connectivity index (χ3n) is 1.45. The Balaban J connectivity index is 2.37. The average molecular weight is 183 g/mol. The van der Waals surface area contributed by atoms with Gasteiger partial charge in [0.15, 0.2) is 0 Å². The van der Waals surface area contributed by atoms with Crippen molar-refractivity contribution in [3.63, 3.8) is 0 Å². The number of hydrogen-bond acceptors (Lipinski definition) is 3. The normalized spacial score (nSPS) is 9.67. The fourth-order valence-corrected chi connectivity index (χ4v) is 1.52. The van der Waals surface area contributed by atoms with Gasteiger partial charge in [-0.15, -0.1) is 11.3 Å². The third-order valence-corrected chi connectivity index (χ3v) is 2.39. The van der Waals surface area contributed by atoms with Crippen molar-refractivity contribution in [3.05, 3.63) is 22.4 Å². The molecule has 0 unspecified atom stereocenters. The molecule has 2 N–H and O–H groups in total. The Kier molecular flexibility index (Phi) is 2.99. The summed E-state index contributed by atoms with van der Waals surface area (Å²) < 4.78 is 0. The van der Waals surface area contributed by atoms with Crippen LogP contribution in [0, 0.1) is 0 Å². The fraction of sp³-hybridized carbons (Fsp3) is 0.250. The molecule has 0 saturated carbocycles. The number of Topliss-reactive ketones (excluding diaryl/α,β-unsaturated/α-hetero) is 1. The predicted molar refractivity (Wildman–Crippen MR) is 46.8 cm³/mol. The molecule has 1 rings (SSSR count). The maximum absolute atomic E-state index is 10.8. The van der Waals surface area contributed by atoms with E-state index >= 15 is 0 Å². The lowest BCUT2D eigenvalue weighted by Gasteiger charge is -1.93. The van der Waals surface area contributed by atoms with Crippen LogP contribution in [0.5, 0.6) is 0 Å². The van der Waals surface area contributed by atoms with Crippen molar-refractivity contribution < 1.29 is 9.59 Å². The molecule has 0 atom stereocenters. The Labute approximate surface area is 74.2 Å². The van der Waals surface area contributed by atoms with Crippen LogP contribution < -0.4 is 5.73 Å². The van der Waals surface area contributed by atoms with Crippen molar-refractivity contribution in [2.75, 3.05) is 0 Å². The molecule has 0 saturated heterocycles. The lowest BCUT2D eigenvalue weighted by atomic mass is 10.2. The minimum atomic E-state index is -0.841. The van der Waals surface area contributed by atoms with E-state index in [-0.39, 0.29) is 6.42 Å². The van der Waals surface area contributed by atoms with E-state index in [0.29, 0.717) is 6.42 Å². The Hall–Kier alpha value is -1.16. The number of carbonyl (C=O) groups is 2. The summed E-state index contributed by atoms with van der Waals surface area (Å²) in [6.45, 7) is 0. The first-order valence-corrected chi connectivity index (χ1v) is 4.43. The highest BCUT2D eigenvalue weighted by molar-refractivity contribution is 7.09. The Bertz CT molecular complexity index is 279. The zero-order valence-electron chi connectivity index (χ0n) is 6.45. The van der Waals surface area contributed by atoms with Gasteiger partial charge in [-0.25, -0.2) is 0 Å². The van der Waals surface area contributed by atoms with Crippen LogP contribution >= 0.6 is 11.3 Å². The number of primary amides is 1. The van der Waals surface area contributed by atoms with Crippen molar-refractivity contribution in [1.82, 2.24) is 0 Å². The van der Waals surface area contributed by atoms with Crippen LogP contribution in [-0.4, -0.2) is 11.7 Å². The SMILES string of the molecule is NC(=O)C(=O)CCc1cccs1. The van der Waals surface area contributed by atoms with E-state index in [1.807, 2.05) is 17.5 Å². The summed E-state index contributed by atoms with van der Waals surface area (Å²) in [6, 6.07) is 3.84. The molecule has 0 aliphatic rings. The molecule has 0 spiro atoms. The van der Waals surface area contributed by atoms with E-state index in [9.17, 15) is 9.59 Å². The van der Waals surface area contributed by atoms with Crippen LogP contribution in [0.4, 0.5) is 0 Å². The van der Waals surface area contributed by atoms with Gasteiger partial charge in [0.1, 0.15) is 0 Å². The first-order chi connectivity index (χ1) is 5.70. The average Bonchev–Trinajstić information content (AvgIpc) is 2.51. The Morgan fingerprint density at radius 2 is 2.25 bits per heavy atom. The Morgan fingerprint density at radius 1 is 1.50 bits per heavy atom. The quantitative estimate of drug-likeness (QED) is 0.700. The van der Waals surface area contributed by atoms with Gasteiger partial charge < -0.3 is 5.73 Å². The molecule has 1 aromatic rings. The molecule has 1 heterocycles. The van der Waals surface area contributed by atoms with Crippen LogP contribution in [0.25, 0.3) is 0 Å². The van der Waals surface area contributed by atoms with Gasteiger partial charge in [-0.1, -0.05) is 6.07 Å². The first-order valence-electron chi connectivity index (χ1n) is 3.55. The minimum Gasteiger partial charge on any atom is -0.363 e. The van der Waals surface area contributed by atoms with Crippen LogP contribution in [-0.2, 0) is 16.0 Å². The number of carbonyl (C=O) groups excluding carboxylic acids is 2. The van der Waals surface area contributed by atoms with Crippen molar-refractivity contribution in [1.29, 1.82) is 0 Å². The summed E-state index contributed by atoms with van der Waals surface area (Å²) in [7, 11) is 0. The molecule has 0 aliphatic heterocycles. The summed E-state index contributed by atoms with van der Waals surface area (Å²) in [5.41, 5.74) is 4.79. The van der Waals surface area contributed by atoms with Crippen LogP contribution in [0.1, 0.15) is 11.3 Å². The second-order valence-electron chi connectivity index (χ2n) is 2.37. The van der Waals surface area contributed by atoms with Crippen LogP contribution in [0.15, 0.2) is 17.5 Å². The summed E-state index contributed by atoms with van der Waals surface area (Å²) >= 11 is 1.57. The maximum Gasteiger partial charge on any atom is 0.284 e. The van der Waals surface area contributed by atoms with Crippen LogP contribution in [0.3, 0.4) is 0 Å². The van der Waals surface area contributed by atoms with Crippen molar-refractivity contribution in [2.24, 2.45) is 5.73 Å². The number of aryl methyl sites for hydroxylation is 1. The van der Waals surface area contributed by atoms with Gasteiger partial charge in [0.05, 0.1) is 0 Å². The Morgan fingerprint density at radius 3 is 2.75 bits per heavy atom. The second kappa shape index (κ2) is 4.01. The highest BCUT2D eigenvalue weighted by Gasteiger charge is 2.08. The van der Waals surface area contributed by atoms with Crippen molar-refractivity contribution in [3.8, 4) is 0 Å². The van der Waals surface area contributed by atoms with Crippen molar-refractivity contribution in [2.45, 2.75) is 12.8 Å². The zero-order valence-corrected chi connectivity index (χ0v) is 7.26. The summed E-state index contributed by atoms with van der Waals surface area (Å²) in [4.78, 5) is 22.2. The maximum atomic E-state index is 10.8. The van der Waals surface area contributed by atoms with Crippen molar-refractivity contribution >= 4 is 23.0 Å². The largest absolute Gasteiger partial charge is 0.363 e. The summed E-state index contributed by atoms with van der Waals surface area (Å²) in [6.07, 6.45) is 0.829. The van der Waals surface area contributed by atoms with Gasteiger partial charge in [0.2, 0.25) is 5.78 Å². The molecule has 0 fully saturated rings. The van der Waals surface area contributed by atoms with E-state index in [1.54, 1.807) is 11.3 Å². The highest BCUT2D eigenvalue weighted by atomic mass is 32.1. The molecule has 4 heteroatoms. The van der Waals surface area contributed by atoms with Crippen LogP contribution in [0.2, 0.25) is 0 Å². The number of nitrogens with two attached hydrogens (primary N) is 1. The molecular formula is C8H9NO2S. The number of amides is 1. The smallest absolute Gasteiger partial charge is 0.284 e. The van der Waals surface area contributed by atoms with E-state index < -0.39 is 11.7 Å². The third kappa shape index (κ3) is 2.47. The lowest BCUT2D eigenvalue weighted by Crippen LogP contribution is -2.23. The van der Waals surface area contributed by atoms with Gasteiger partial charge >= 0.3 is 0 Å². The zero-order chi connectivity index (χ0) is 8.97. The molecule has 1 aromatic heterocycles. The standard InChI is InChI=1S/C8H9NO2S/c9-8(11)7(10)4-3-6-2-1-5-12-6/h1-2,5H,3-4H2,(H2,9,11). The molecule has 0 radical (unpaired) electrons. The van der Waals surface area contributed by atoms with Gasteiger partial charge in [0.25, 0.3) is 5.91 Å². The van der Waals surface area contributed by atoms with E-state index in [4.69, 9.17) is 5.73 Å². The minimum absolute atomic E-state index is 0.218. The lowest BCUT2D eigenvalue weighted by molar-refractivity contribution is -0.135. The van der Waals surface area contributed by atoms with Gasteiger partial charge in [-0.3, -0.25) is 9.59 Å². The molecule has 1 amide bonds. The summed E-state index contributed by atoms with van der Waals surface area (Å²) in [5, 5.41) is 1.93. The topological polar surface area (TPSA) is 60.2 Å². The van der Waals surface area contributed by atoms with E-state index in [1.165, 1.54) is 0 Å². The molecule has 12 heavy (non-hydrogen) atoms. The molecule has 0 aromatic carbocycles. The molecule has 3 nitrogen and oxygen atoms in total. The van der Waals surface area contributed by atoms with E-state index in [2.05, 4.69) is 0 Å². The second-order valence-corrected chi connectivity index (χ2v) is 3.40. The first kappa shape index (κ1) is 8.93. The van der Waals surface area contributed by atoms with Gasteiger partial charge in [-0.2, -0.15) is 0 Å². The van der Waals surface area contributed by atoms with Gasteiger partial charge in [0, 0.05) is 11.3 Å². The monoisotopic (exact) mass is 183 g/mol. The number of thiophene rings is 1.